The molecule has 0 aliphatic rings. The molecule has 0 saturated heterocycles. The summed E-state index contributed by atoms with van der Waals surface area (Å²) in [5, 5.41) is 7.51. The highest BCUT2D eigenvalue weighted by atomic mass is 35.5. The lowest BCUT2D eigenvalue weighted by atomic mass is 10.1. The molecule has 0 amide bonds. The number of rotatable bonds is 3. The van der Waals surface area contributed by atoms with Crippen LogP contribution < -0.4 is 10.7 Å². The molecule has 0 atom stereocenters. The molecule has 4 nitrogen and oxygen atoms in total. The van der Waals surface area contributed by atoms with E-state index in [0.717, 1.165) is 28.6 Å². The maximum atomic E-state index is 13.6. The van der Waals surface area contributed by atoms with Gasteiger partial charge in [-0.3, -0.25) is 5.43 Å². The van der Waals surface area contributed by atoms with Crippen LogP contribution >= 0.6 is 23.8 Å². The average Bonchev–Trinajstić information content (AvgIpc) is 2.60. The van der Waals surface area contributed by atoms with E-state index in [9.17, 15) is 8.78 Å². The number of aromatic nitrogens is 1. The van der Waals surface area contributed by atoms with Gasteiger partial charge >= 0.3 is 0 Å². The molecule has 8 heteroatoms. The molecule has 0 radical (unpaired) electrons. The Kier molecular flexibility index (Phi) is 5.39. The SMILES string of the molecule is Cc1cccc2cc(/C=N/NC(=S)Nc3c(F)cccc3F)c(Cl)nc12. The van der Waals surface area contributed by atoms with E-state index in [2.05, 4.69) is 20.8 Å². The molecular weight excluding hydrogens is 378 g/mol. The first-order valence-corrected chi connectivity index (χ1v) is 8.34. The van der Waals surface area contributed by atoms with E-state index in [0.29, 0.717) is 5.56 Å². The standard InChI is InChI=1S/C18H13ClF2N4S/c1-10-4-2-5-11-8-12(17(19)23-15(10)11)9-22-25-18(26)24-16-13(20)6-3-7-14(16)21/h2-9H,1H3,(H2,24,25,26)/b22-9+. The van der Waals surface area contributed by atoms with Crippen LogP contribution in [0.2, 0.25) is 5.15 Å². The summed E-state index contributed by atoms with van der Waals surface area (Å²) in [6.45, 7) is 1.95. The van der Waals surface area contributed by atoms with Gasteiger partial charge in [0.05, 0.1) is 11.7 Å². The van der Waals surface area contributed by atoms with Gasteiger partial charge in [0.2, 0.25) is 0 Å². The third-order valence-electron chi connectivity index (χ3n) is 3.60. The van der Waals surface area contributed by atoms with Crippen LogP contribution in [0.3, 0.4) is 0 Å². The second kappa shape index (κ2) is 7.72. The van der Waals surface area contributed by atoms with E-state index < -0.39 is 11.6 Å². The molecule has 0 saturated carbocycles. The molecule has 1 aromatic heterocycles. The zero-order chi connectivity index (χ0) is 18.7. The van der Waals surface area contributed by atoms with E-state index in [4.69, 9.17) is 23.8 Å². The van der Waals surface area contributed by atoms with Crippen molar-refractivity contribution in [2.45, 2.75) is 6.92 Å². The van der Waals surface area contributed by atoms with Crippen LogP contribution in [0.25, 0.3) is 10.9 Å². The van der Waals surface area contributed by atoms with E-state index in [1.807, 2.05) is 31.2 Å². The number of hydrogen-bond donors (Lipinski definition) is 2. The van der Waals surface area contributed by atoms with Crippen molar-refractivity contribution in [2.75, 3.05) is 5.32 Å². The van der Waals surface area contributed by atoms with Crippen LogP contribution in [0.4, 0.5) is 14.5 Å². The Bertz CT molecular complexity index is 1000. The maximum Gasteiger partial charge on any atom is 0.191 e. The largest absolute Gasteiger partial charge is 0.326 e. The van der Waals surface area contributed by atoms with Gasteiger partial charge in [-0.1, -0.05) is 35.9 Å². The van der Waals surface area contributed by atoms with Gasteiger partial charge < -0.3 is 5.32 Å². The first-order valence-electron chi connectivity index (χ1n) is 7.55. The van der Waals surface area contributed by atoms with Crippen LogP contribution in [0.5, 0.6) is 0 Å². The number of fused-ring (bicyclic) bond motifs is 1. The molecule has 3 rings (SSSR count). The molecule has 0 aliphatic carbocycles. The number of nitrogens with zero attached hydrogens (tertiary/aromatic N) is 2. The highest BCUT2D eigenvalue weighted by Crippen LogP contribution is 2.22. The van der Waals surface area contributed by atoms with Gasteiger partial charge in [0, 0.05) is 10.9 Å². The lowest BCUT2D eigenvalue weighted by Crippen LogP contribution is -2.25. The predicted molar refractivity (Wildman–Crippen MR) is 105 cm³/mol. The number of nitrogens with one attached hydrogen (secondary N) is 2. The Hall–Kier alpha value is -2.64. The Balaban J connectivity index is 1.73. The van der Waals surface area contributed by atoms with Crippen LogP contribution in [-0.2, 0) is 0 Å². The second-order valence-corrected chi connectivity index (χ2v) is 6.20. The molecule has 0 unspecified atom stereocenters. The predicted octanol–water partition coefficient (Wildman–Crippen LogP) is 4.80. The van der Waals surface area contributed by atoms with E-state index >= 15 is 0 Å². The molecule has 132 valence electrons. The summed E-state index contributed by atoms with van der Waals surface area (Å²) in [4.78, 5) is 4.36. The molecule has 0 fully saturated rings. The van der Waals surface area contributed by atoms with Crippen molar-refractivity contribution in [1.82, 2.24) is 10.4 Å². The van der Waals surface area contributed by atoms with Crippen molar-refractivity contribution in [1.29, 1.82) is 0 Å². The molecule has 26 heavy (non-hydrogen) atoms. The summed E-state index contributed by atoms with van der Waals surface area (Å²) >= 11 is 11.2. The van der Waals surface area contributed by atoms with Crippen LogP contribution in [0.1, 0.15) is 11.1 Å². The zero-order valence-electron chi connectivity index (χ0n) is 13.6. The topological polar surface area (TPSA) is 49.3 Å². The van der Waals surface area contributed by atoms with Gasteiger partial charge in [-0.2, -0.15) is 5.10 Å². The third kappa shape index (κ3) is 3.95. The number of anilines is 1. The fraction of sp³-hybridized carbons (Fsp3) is 0.0556. The summed E-state index contributed by atoms with van der Waals surface area (Å²) in [6.07, 6.45) is 1.43. The number of hydrazone groups is 1. The molecular formula is C18H13ClF2N4S. The Morgan fingerprint density at radius 3 is 2.62 bits per heavy atom. The molecule has 0 bridgehead atoms. The third-order valence-corrected chi connectivity index (χ3v) is 4.10. The lowest BCUT2D eigenvalue weighted by Gasteiger charge is -2.09. The number of aryl methyl sites for hydroxylation is 1. The Labute approximate surface area is 158 Å². The van der Waals surface area contributed by atoms with Gasteiger partial charge in [0.15, 0.2) is 5.11 Å². The fourth-order valence-corrected chi connectivity index (χ4v) is 2.69. The average molecular weight is 391 g/mol. The lowest BCUT2D eigenvalue weighted by molar-refractivity contribution is 0.591. The minimum atomic E-state index is -0.754. The van der Waals surface area contributed by atoms with Crippen molar-refractivity contribution in [3.05, 3.63) is 70.4 Å². The number of pyridine rings is 1. The van der Waals surface area contributed by atoms with E-state index in [1.165, 1.54) is 12.3 Å². The normalized spacial score (nSPS) is 11.1. The minimum absolute atomic E-state index is 0.0639. The van der Waals surface area contributed by atoms with Crippen LogP contribution in [0.15, 0.2) is 47.6 Å². The quantitative estimate of drug-likeness (QED) is 0.292. The number of halogens is 3. The summed E-state index contributed by atoms with van der Waals surface area (Å²) in [7, 11) is 0. The van der Waals surface area contributed by atoms with Gasteiger partial charge in [-0.15, -0.1) is 0 Å². The molecule has 3 aromatic rings. The van der Waals surface area contributed by atoms with E-state index in [-0.39, 0.29) is 16.0 Å². The first-order chi connectivity index (χ1) is 12.5. The zero-order valence-corrected chi connectivity index (χ0v) is 15.1. The van der Waals surface area contributed by atoms with E-state index in [1.54, 1.807) is 0 Å². The van der Waals surface area contributed by atoms with Crippen LogP contribution in [0, 0.1) is 18.6 Å². The molecule has 0 aliphatic heterocycles. The number of thiocarbonyl (C=S) groups is 1. The monoisotopic (exact) mass is 390 g/mol. The molecule has 1 heterocycles. The summed E-state index contributed by atoms with van der Waals surface area (Å²) in [5.41, 5.74) is 4.56. The van der Waals surface area contributed by atoms with Crippen molar-refractivity contribution in [3.8, 4) is 0 Å². The smallest absolute Gasteiger partial charge is 0.191 e. The summed E-state index contributed by atoms with van der Waals surface area (Å²) in [6, 6.07) is 11.2. The second-order valence-electron chi connectivity index (χ2n) is 5.44. The molecule has 0 spiro atoms. The maximum absolute atomic E-state index is 13.6. The van der Waals surface area contributed by atoms with Crippen molar-refractivity contribution in [3.63, 3.8) is 0 Å². The van der Waals surface area contributed by atoms with Crippen molar-refractivity contribution in [2.24, 2.45) is 5.10 Å². The van der Waals surface area contributed by atoms with Gasteiger partial charge in [-0.05, 0) is 42.9 Å². The first kappa shape index (κ1) is 18.2. The molecule has 2 N–H and O–H groups in total. The number of para-hydroxylation sites is 2. The van der Waals surface area contributed by atoms with Crippen molar-refractivity contribution < 1.29 is 8.78 Å². The minimum Gasteiger partial charge on any atom is -0.326 e. The summed E-state index contributed by atoms with van der Waals surface area (Å²) in [5.74, 6) is -1.51. The summed E-state index contributed by atoms with van der Waals surface area (Å²) < 4.78 is 27.2. The molecule has 2 aromatic carbocycles. The van der Waals surface area contributed by atoms with Gasteiger partial charge in [-0.25, -0.2) is 13.8 Å². The van der Waals surface area contributed by atoms with Gasteiger partial charge in [0.1, 0.15) is 22.5 Å². The van der Waals surface area contributed by atoms with Crippen LogP contribution in [-0.4, -0.2) is 16.3 Å². The highest BCUT2D eigenvalue weighted by molar-refractivity contribution is 7.80. The highest BCUT2D eigenvalue weighted by Gasteiger charge is 2.09. The number of hydrogen-bond acceptors (Lipinski definition) is 3. The van der Waals surface area contributed by atoms with Gasteiger partial charge in [0.25, 0.3) is 0 Å². The number of benzene rings is 2. The van der Waals surface area contributed by atoms with Crippen molar-refractivity contribution >= 4 is 51.7 Å². The fourth-order valence-electron chi connectivity index (χ4n) is 2.35. The Morgan fingerprint density at radius 1 is 1.19 bits per heavy atom. The Morgan fingerprint density at radius 2 is 1.88 bits per heavy atom.